The third-order valence-electron chi connectivity index (χ3n) is 3.80. The van der Waals surface area contributed by atoms with Gasteiger partial charge in [-0.1, -0.05) is 29.8 Å². The van der Waals surface area contributed by atoms with Gasteiger partial charge in [-0.15, -0.1) is 12.4 Å². The van der Waals surface area contributed by atoms with E-state index in [4.69, 9.17) is 10.5 Å². The molecule has 1 aliphatic heterocycles. The van der Waals surface area contributed by atoms with Gasteiger partial charge in [-0.05, 0) is 32.3 Å². The quantitative estimate of drug-likeness (QED) is 0.897. The van der Waals surface area contributed by atoms with Gasteiger partial charge >= 0.3 is 0 Å². The van der Waals surface area contributed by atoms with Gasteiger partial charge in [0, 0.05) is 19.1 Å². The molecule has 2 unspecified atom stereocenters. The molecule has 3 N–H and O–H groups in total. The fourth-order valence-corrected chi connectivity index (χ4v) is 2.57. The first-order valence-electron chi connectivity index (χ1n) is 7.29. The Morgan fingerprint density at radius 3 is 2.71 bits per heavy atom. The molecular weight excluding hydrogens is 288 g/mol. The van der Waals surface area contributed by atoms with Crippen molar-refractivity contribution in [1.82, 2.24) is 5.32 Å². The molecule has 3 atom stereocenters. The standard InChI is InChI=1S/C16H24N2O2.ClH/c1-11-5-7-13(8-6-11)15-14(4-3-9-20-15)10-18-16(19)12(2)17;/h5-8,12,14-15H,3-4,9-10,17H2,1-2H3,(H,18,19);1H/t12-,14?,15?;/m0./s1. The number of halogens is 1. The van der Waals surface area contributed by atoms with Gasteiger partial charge in [0.2, 0.25) is 5.91 Å². The van der Waals surface area contributed by atoms with Crippen molar-refractivity contribution in [2.24, 2.45) is 11.7 Å². The Morgan fingerprint density at radius 1 is 1.43 bits per heavy atom. The van der Waals surface area contributed by atoms with Gasteiger partial charge in [0.15, 0.2) is 0 Å². The third-order valence-corrected chi connectivity index (χ3v) is 3.80. The summed E-state index contributed by atoms with van der Waals surface area (Å²) in [6, 6.07) is 7.98. The number of rotatable bonds is 4. The van der Waals surface area contributed by atoms with E-state index in [0.29, 0.717) is 12.5 Å². The van der Waals surface area contributed by atoms with E-state index in [1.54, 1.807) is 6.92 Å². The third kappa shape index (κ3) is 4.99. The first-order valence-corrected chi connectivity index (χ1v) is 7.29. The summed E-state index contributed by atoms with van der Waals surface area (Å²) in [7, 11) is 0. The van der Waals surface area contributed by atoms with Crippen molar-refractivity contribution in [1.29, 1.82) is 0 Å². The molecule has 21 heavy (non-hydrogen) atoms. The van der Waals surface area contributed by atoms with Crippen LogP contribution in [0, 0.1) is 12.8 Å². The molecule has 118 valence electrons. The smallest absolute Gasteiger partial charge is 0.236 e. The van der Waals surface area contributed by atoms with Crippen LogP contribution in [0.4, 0.5) is 0 Å². The number of hydrogen-bond donors (Lipinski definition) is 2. The monoisotopic (exact) mass is 312 g/mol. The van der Waals surface area contributed by atoms with Gasteiger partial charge in [0.05, 0.1) is 12.1 Å². The molecule has 1 aromatic carbocycles. The van der Waals surface area contributed by atoms with Crippen LogP contribution in [0.2, 0.25) is 0 Å². The topological polar surface area (TPSA) is 64.3 Å². The Morgan fingerprint density at radius 2 is 2.10 bits per heavy atom. The number of hydrogen-bond acceptors (Lipinski definition) is 3. The minimum absolute atomic E-state index is 0. The highest BCUT2D eigenvalue weighted by atomic mass is 35.5. The average molecular weight is 313 g/mol. The van der Waals surface area contributed by atoms with Crippen LogP contribution < -0.4 is 11.1 Å². The predicted octanol–water partition coefficient (Wildman–Crippen LogP) is 2.35. The Hall–Kier alpha value is -1.10. The largest absolute Gasteiger partial charge is 0.373 e. The molecule has 0 radical (unpaired) electrons. The number of carbonyl (C=O) groups is 1. The van der Waals surface area contributed by atoms with Gasteiger partial charge in [-0.25, -0.2) is 0 Å². The van der Waals surface area contributed by atoms with Gasteiger partial charge < -0.3 is 15.8 Å². The predicted molar refractivity (Wildman–Crippen MR) is 86.5 cm³/mol. The zero-order valence-corrected chi connectivity index (χ0v) is 13.5. The highest BCUT2D eigenvalue weighted by molar-refractivity contribution is 5.85. The maximum absolute atomic E-state index is 11.6. The van der Waals surface area contributed by atoms with Crippen LogP contribution >= 0.6 is 12.4 Å². The Balaban J connectivity index is 0.00000220. The SMILES string of the molecule is Cc1ccc(C2OCCCC2CNC(=O)[C@H](C)N)cc1.Cl. The molecule has 1 amide bonds. The number of amides is 1. The first kappa shape index (κ1) is 18.0. The number of carbonyl (C=O) groups excluding carboxylic acids is 1. The Labute approximate surface area is 132 Å². The minimum Gasteiger partial charge on any atom is -0.373 e. The lowest BCUT2D eigenvalue weighted by Crippen LogP contribution is -2.42. The van der Waals surface area contributed by atoms with Crippen LogP contribution in [0.25, 0.3) is 0 Å². The molecule has 0 saturated carbocycles. The lowest BCUT2D eigenvalue weighted by molar-refractivity contribution is -0.122. The van der Waals surface area contributed by atoms with E-state index >= 15 is 0 Å². The normalized spacial score (nSPS) is 23.0. The number of nitrogens with two attached hydrogens (primary N) is 1. The van der Waals surface area contributed by atoms with E-state index in [1.165, 1.54) is 11.1 Å². The Kier molecular flexibility index (Phi) is 7.15. The van der Waals surface area contributed by atoms with E-state index in [1.807, 2.05) is 0 Å². The summed E-state index contributed by atoms with van der Waals surface area (Å²) in [5, 5.41) is 2.92. The molecule has 2 rings (SSSR count). The van der Waals surface area contributed by atoms with Crippen molar-refractivity contribution in [3.63, 3.8) is 0 Å². The summed E-state index contributed by atoms with van der Waals surface area (Å²) < 4.78 is 5.93. The number of aryl methyl sites for hydroxylation is 1. The van der Waals surface area contributed by atoms with E-state index in [9.17, 15) is 4.79 Å². The van der Waals surface area contributed by atoms with Crippen molar-refractivity contribution >= 4 is 18.3 Å². The average Bonchev–Trinajstić information content (AvgIpc) is 2.46. The van der Waals surface area contributed by atoms with E-state index < -0.39 is 6.04 Å². The summed E-state index contributed by atoms with van der Waals surface area (Å²) in [6.07, 6.45) is 2.18. The molecule has 1 fully saturated rings. The van der Waals surface area contributed by atoms with Gasteiger partial charge in [-0.3, -0.25) is 4.79 Å². The van der Waals surface area contributed by atoms with Gasteiger partial charge in [0.1, 0.15) is 0 Å². The fourth-order valence-electron chi connectivity index (χ4n) is 2.57. The second-order valence-corrected chi connectivity index (χ2v) is 5.64. The fraction of sp³-hybridized carbons (Fsp3) is 0.562. The molecule has 1 aromatic rings. The maximum Gasteiger partial charge on any atom is 0.236 e. The lowest BCUT2D eigenvalue weighted by atomic mass is 9.89. The number of nitrogens with one attached hydrogen (secondary N) is 1. The van der Waals surface area contributed by atoms with E-state index in [2.05, 4.69) is 36.5 Å². The molecule has 0 aliphatic carbocycles. The zero-order valence-electron chi connectivity index (χ0n) is 12.7. The van der Waals surface area contributed by atoms with Crippen LogP contribution in [-0.4, -0.2) is 25.1 Å². The number of ether oxygens (including phenoxy) is 1. The van der Waals surface area contributed by atoms with Crippen molar-refractivity contribution < 1.29 is 9.53 Å². The summed E-state index contributed by atoms with van der Waals surface area (Å²) in [5.41, 5.74) is 8.00. The minimum atomic E-state index is -0.461. The lowest BCUT2D eigenvalue weighted by Gasteiger charge is -2.32. The van der Waals surface area contributed by atoms with Crippen LogP contribution in [0.3, 0.4) is 0 Å². The van der Waals surface area contributed by atoms with Crippen molar-refractivity contribution in [2.75, 3.05) is 13.2 Å². The van der Waals surface area contributed by atoms with E-state index in [0.717, 1.165) is 19.4 Å². The van der Waals surface area contributed by atoms with Crippen molar-refractivity contribution in [2.45, 2.75) is 38.8 Å². The molecule has 1 saturated heterocycles. The summed E-state index contributed by atoms with van der Waals surface area (Å²) in [4.78, 5) is 11.6. The van der Waals surface area contributed by atoms with Gasteiger partial charge in [-0.2, -0.15) is 0 Å². The summed E-state index contributed by atoms with van der Waals surface area (Å²) in [6.45, 7) is 5.19. The molecule has 1 heterocycles. The van der Waals surface area contributed by atoms with Crippen LogP contribution in [0.15, 0.2) is 24.3 Å². The van der Waals surface area contributed by atoms with Crippen molar-refractivity contribution in [3.8, 4) is 0 Å². The highest BCUT2D eigenvalue weighted by Crippen LogP contribution is 2.33. The molecule has 5 heteroatoms. The number of benzene rings is 1. The highest BCUT2D eigenvalue weighted by Gasteiger charge is 2.27. The molecular formula is C16H25ClN2O2. The van der Waals surface area contributed by atoms with Crippen LogP contribution in [0.5, 0.6) is 0 Å². The molecule has 1 aliphatic rings. The zero-order chi connectivity index (χ0) is 14.5. The second kappa shape index (κ2) is 8.37. The van der Waals surface area contributed by atoms with Gasteiger partial charge in [0.25, 0.3) is 0 Å². The van der Waals surface area contributed by atoms with Crippen molar-refractivity contribution in [3.05, 3.63) is 35.4 Å². The summed E-state index contributed by atoms with van der Waals surface area (Å²) >= 11 is 0. The molecule has 0 bridgehead atoms. The summed E-state index contributed by atoms with van der Waals surface area (Å²) in [5.74, 6) is 0.215. The molecule has 4 nitrogen and oxygen atoms in total. The molecule has 0 aromatic heterocycles. The molecule has 0 spiro atoms. The Bertz CT molecular complexity index is 448. The second-order valence-electron chi connectivity index (χ2n) is 5.64. The first-order chi connectivity index (χ1) is 9.58. The van der Waals surface area contributed by atoms with Crippen LogP contribution in [-0.2, 0) is 9.53 Å². The van der Waals surface area contributed by atoms with Crippen LogP contribution in [0.1, 0.15) is 37.0 Å². The maximum atomic E-state index is 11.6. The van der Waals surface area contributed by atoms with E-state index in [-0.39, 0.29) is 24.4 Å².